The number of rotatable bonds is 8. The zero-order valence-electron chi connectivity index (χ0n) is 60.4. The Hall–Kier alpha value is -8.62. The fourth-order valence-electron chi connectivity index (χ4n) is 14.7. The third-order valence-corrected chi connectivity index (χ3v) is 20.1. The van der Waals surface area contributed by atoms with E-state index in [4.69, 9.17) is 0 Å². The van der Waals surface area contributed by atoms with Crippen molar-refractivity contribution >= 4 is 45.5 Å². The van der Waals surface area contributed by atoms with E-state index in [-0.39, 0.29) is 0 Å². The van der Waals surface area contributed by atoms with Gasteiger partial charge < -0.3 is 40.9 Å². The summed E-state index contributed by atoms with van der Waals surface area (Å²) in [5.74, 6) is 0. The van der Waals surface area contributed by atoms with Gasteiger partial charge in [0.05, 0.1) is 0 Å². The summed E-state index contributed by atoms with van der Waals surface area (Å²) >= 11 is 0. The highest BCUT2D eigenvalue weighted by molar-refractivity contribution is 5.60. The zero-order valence-corrected chi connectivity index (χ0v) is 60.4. The maximum atomic E-state index is 3.39. The molecule has 0 bridgehead atoms. The van der Waals surface area contributed by atoms with Crippen molar-refractivity contribution in [2.75, 3.05) is 113 Å². The number of unbranched alkanes of at least 4 members (excludes halogenated alkanes) is 2. The number of aryl methyl sites for hydroxylation is 10. The number of hydrogen-bond acceptors (Lipinski definition) is 8. The van der Waals surface area contributed by atoms with Gasteiger partial charge in [-0.15, -0.1) is 0 Å². The van der Waals surface area contributed by atoms with Crippen LogP contribution in [0.4, 0.5) is 45.5 Å². The second-order valence-corrected chi connectivity index (χ2v) is 27.7. The summed E-state index contributed by atoms with van der Waals surface area (Å²) < 4.78 is 0. The van der Waals surface area contributed by atoms with Crippen molar-refractivity contribution in [2.45, 2.75) is 163 Å². The third-order valence-electron chi connectivity index (χ3n) is 20.1. The second kappa shape index (κ2) is 39.7. The van der Waals surface area contributed by atoms with Crippen molar-refractivity contribution in [3.05, 3.63) is 274 Å². The molecule has 8 nitrogen and oxygen atoms in total. The van der Waals surface area contributed by atoms with E-state index in [1.807, 2.05) is 0 Å². The van der Waals surface area contributed by atoms with Crippen molar-refractivity contribution in [3.8, 4) is 0 Å². The Bertz CT molecular complexity index is 3580. The van der Waals surface area contributed by atoms with Gasteiger partial charge in [-0.1, -0.05) is 202 Å². The van der Waals surface area contributed by atoms with Gasteiger partial charge in [-0.25, -0.2) is 0 Å². The Labute approximate surface area is 591 Å². The number of para-hydroxylation sites is 6. The minimum absolute atomic E-state index is 1.03. The van der Waals surface area contributed by atoms with Crippen LogP contribution in [0.2, 0.25) is 0 Å². The molecule has 8 heterocycles. The number of benzene rings is 9. The molecule has 0 aliphatic carbocycles. The van der Waals surface area contributed by atoms with E-state index in [2.05, 4.69) is 288 Å². The molecule has 17 rings (SSSR count). The van der Waals surface area contributed by atoms with Crippen LogP contribution < -0.4 is 40.9 Å². The smallest absolute Gasteiger partial charge is 0.0429 e. The number of fused-ring (bicyclic) bond motifs is 8. The lowest BCUT2D eigenvalue weighted by molar-refractivity contribution is 0.658. The van der Waals surface area contributed by atoms with Gasteiger partial charge >= 0.3 is 0 Å². The highest BCUT2D eigenvalue weighted by atomic mass is 15.1. The Kier molecular flexibility index (Phi) is 29.2. The summed E-state index contributed by atoms with van der Waals surface area (Å²) in [7, 11) is 2.16. The summed E-state index contributed by atoms with van der Waals surface area (Å²) in [6.45, 7) is 21.8. The van der Waals surface area contributed by atoms with Crippen LogP contribution in [0.25, 0.3) is 0 Å². The first kappa shape index (κ1) is 72.1. The van der Waals surface area contributed by atoms with Crippen molar-refractivity contribution in [1.29, 1.82) is 0 Å². The average molecular weight is 1310 g/mol. The monoisotopic (exact) mass is 1310 g/mol. The van der Waals surface area contributed by atoms with Gasteiger partial charge in [-0.3, -0.25) is 0 Å². The molecule has 9 aromatic carbocycles. The molecule has 98 heavy (non-hydrogen) atoms. The molecule has 0 spiro atoms. The van der Waals surface area contributed by atoms with Gasteiger partial charge in [-0.2, -0.15) is 0 Å². The molecule has 9 aromatic rings. The topological polar surface area (TPSA) is 61.1 Å². The van der Waals surface area contributed by atoms with Crippen LogP contribution >= 0.6 is 0 Å². The minimum atomic E-state index is 1.03. The molecule has 0 amide bonds. The van der Waals surface area contributed by atoms with Gasteiger partial charge in [0.15, 0.2) is 0 Å². The molecule has 0 saturated heterocycles. The van der Waals surface area contributed by atoms with E-state index >= 15 is 0 Å². The fourth-order valence-corrected chi connectivity index (χ4v) is 14.7. The lowest BCUT2D eigenvalue weighted by atomic mass is 9.99. The van der Waals surface area contributed by atoms with Crippen LogP contribution in [0.1, 0.15) is 152 Å². The molecule has 0 unspecified atom stereocenters. The molecule has 0 aromatic heterocycles. The van der Waals surface area contributed by atoms with Crippen LogP contribution in [-0.4, -0.2) is 72.5 Å². The summed E-state index contributed by atoms with van der Waals surface area (Å²) in [5, 5.41) is 13.5. The number of hydrogen-bond donors (Lipinski definition) is 4. The van der Waals surface area contributed by atoms with Gasteiger partial charge in [-0.05, 0) is 228 Å². The SMILES string of the molecule is CCCCN1CCCc2cc(C)ccc21.CCCCN1CCCc2ccccc21.CN1CCCc2ccccc21.Cc1ccc2c(c1)CCCN2.c1ccc(CN2CCCc3ccccc32)cc1.c1ccc2c(c1)CCCN2.c1ccc2c(c1)CCCN2.c1ccc2c(c1)CCCN2. The molecule has 0 fully saturated rings. The van der Waals surface area contributed by atoms with E-state index in [1.165, 1.54) is 269 Å². The Morgan fingerprint density at radius 3 is 1.10 bits per heavy atom. The Morgan fingerprint density at radius 2 is 0.633 bits per heavy atom. The predicted octanol–water partition coefficient (Wildman–Crippen LogP) is 21.0. The summed E-state index contributed by atoms with van der Waals surface area (Å²) in [5.41, 5.74) is 27.2. The minimum Gasteiger partial charge on any atom is -0.385 e. The Balaban J connectivity index is 0.000000122. The van der Waals surface area contributed by atoms with E-state index in [0.29, 0.717) is 0 Å². The maximum absolute atomic E-state index is 3.39. The standard InChI is InChI=1S/C16H17N.C14H21N.C13H19N.2C10H13N.3C9H11N/c1-2-7-14(8-3-1)13-17-12-6-10-15-9-4-5-11-16(15)17;1-3-4-9-15-10-5-6-13-11-12(2)7-8-14(13)15;1-2-3-10-14-11-6-8-12-7-4-5-9-13(12)14;1-8-4-5-10-9(7-8)3-2-6-11-10;1-11-8-4-6-9-5-2-3-7-10(9)11;3*1-2-6-9-8(4-1)5-3-7-10-9/h1-5,7-9,11H,6,10,12-13H2;7-8,11H,3-6,9-10H2,1-2H3;4-5,7,9H,2-3,6,8,10-11H2,1H3;4-5,7,11H,2-3,6H2,1H3;2-3,5,7H,4,6,8H2,1H3;3*1-2,4,6,10H,3,5,7H2. The first-order chi connectivity index (χ1) is 48.3. The van der Waals surface area contributed by atoms with E-state index in [1.54, 1.807) is 5.56 Å². The predicted molar refractivity (Wildman–Crippen MR) is 427 cm³/mol. The van der Waals surface area contributed by atoms with Crippen molar-refractivity contribution in [2.24, 2.45) is 0 Å². The number of nitrogens with one attached hydrogen (secondary N) is 4. The van der Waals surface area contributed by atoms with Crippen LogP contribution in [0.3, 0.4) is 0 Å². The van der Waals surface area contributed by atoms with Gasteiger partial charge in [0.25, 0.3) is 0 Å². The summed E-state index contributed by atoms with van der Waals surface area (Å²) in [4.78, 5) is 9.93. The van der Waals surface area contributed by atoms with Crippen LogP contribution in [0, 0.1) is 13.8 Å². The molecule has 8 heteroatoms. The van der Waals surface area contributed by atoms with Crippen LogP contribution in [0.15, 0.2) is 212 Å². The number of anilines is 8. The maximum Gasteiger partial charge on any atom is 0.0429 e. The van der Waals surface area contributed by atoms with Crippen molar-refractivity contribution in [3.63, 3.8) is 0 Å². The van der Waals surface area contributed by atoms with Gasteiger partial charge in [0.1, 0.15) is 0 Å². The molecular weight excluding hydrogens is 1190 g/mol. The molecule has 516 valence electrons. The Morgan fingerprint density at radius 1 is 0.296 bits per heavy atom. The average Bonchev–Trinajstić information content (AvgIpc) is 0.986. The highest BCUT2D eigenvalue weighted by Gasteiger charge is 2.19. The summed E-state index contributed by atoms with van der Waals surface area (Å²) in [6.07, 6.45) is 25.5. The fraction of sp³-hybridized carbons (Fsp3) is 0.400. The van der Waals surface area contributed by atoms with E-state index in [9.17, 15) is 0 Å². The molecule has 4 N–H and O–H groups in total. The third kappa shape index (κ3) is 22.2. The van der Waals surface area contributed by atoms with Gasteiger partial charge in [0, 0.05) is 125 Å². The molecule has 0 radical (unpaired) electrons. The normalized spacial score (nSPS) is 15.4. The first-order valence-corrected chi connectivity index (χ1v) is 37.9. The van der Waals surface area contributed by atoms with Crippen molar-refractivity contribution < 1.29 is 0 Å². The first-order valence-electron chi connectivity index (χ1n) is 37.9. The summed E-state index contributed by atoms with van der Waals surface area (Å²) in [6, 6.07) is 76.1. The van der Waals surface area contributed by atoms with Crippen molar-refractivity contribution in [1.82, 2.24) is 0 Å². The molecule has 8 aliphatic rings. The van der Waals surface area contributed by atoms with Crippen LogP contribution in [0.5, 0.6) is 0 Å². The van der Waals surface area contributed by atoms with Crippen LogP contribution in [-0.2, 0) is 57.9 Å². The lowest BCUT2D eigenvalue weighted by Crippen LogP contribution is -2.30. The second-order valence-electron chi connectivity index (χ2n) is 27.7. The van der Waals surface area contributed by atoms with E-state index < -0.39 is 0 Å². The molecule has 0 saturated carbocycles. The largest absolute Gasteiger partial charge is 0.385 e. The zero-order chi connectivity index (χ0) is 67.8. The quantitative estimate of drug-likeness (QED) is 0.120. The molecular formula is C90H116N8. The number of nitrogens with zero attached hydrogens (tertiary/aromatic N) is 4. The van der Waals surface area contributed by atoms with Gasteiger partial charge in [0.2, 0.25) is 0 Å². The lowest BCUT2D eigenvalue weighted by Gasteiger charge is -2.31. The molecule has 0 atom stereocenters. The molecule has 8 aliphatic heterocycles. The van der Waals surface area contributed by atoms with E-state index in [0.717, 1.165) is 32.7 Å². The highest BCUT2D eigenvalue weighted by Crippen LogP contribution is 2.32.